The van der Waals surface area contributed by atoms with Crippen molar-refractivity contribution in [3.05, 3.63) is 28.8 Å². The van der Waals surface area contributed by atoms with E-state index >= 15 is 0 Å². The predicted octanol–water partition coefficient (Wildman–Crippen LogP) is 3.75. The maximum absolute atomic E-state index is 12.2. The van der Waals surface area contributed by atoms with Crippen molar-refractivity contribution in [1.82, 2.24) is 0 Å². The van der Waals surface area contributed by atoms with Crippen LogP contribution in [-0.2, 0) is 9.84 Å². The fourth-order valence-corrected chi connectivity index (χ4v) is 6.16. The average molecular weight is 368 g/mol. The Bertz CT molecular complexity index is 559. The van der Waals surface area contributed by atoms with E-state index in [9.17, 15) is 8.42 Å². The molecule has 2 atom stereocenters. The molecule has 0 aliphatic carbocycles. The van der Waals surface area contributed by atoms with Crippen LogP contribution >= 0.6 is 27.5 Å². The first-order valence-corrected chi connectivity index (χ1v) is 9.15. The van der Waals surface area contributed by atoms with Crippen LogP contribution in [0.2, 0.25) is 5.02 Å². The molecule has 1 aliphatic rings. The molecule has 1 aliphatic heterocycles. The van der Waals surface area contributed by atoms with Gasteiger partial charge in [0.1, 0.15) is 5.75 Å². The molecule has 1 fully saturated rings. The zero-order valence-corrected chi connectivity index (χ0v) is 13.8. The van der Waals surface area contributed by atoms with E-state index in [0.29, 0.717) is 17.2 Å². The number of halogens is 2. The van der Waals surface area contributed by atoms with Crippen molar-refractivity contribution in [2.24, 2.45) is 0 Å². The molecular weight excluding hydrogens is 352 g/mol. The molecule has 0 radical (unpaired) electrons. The normalized spacial score (nSPS) is 23.8. The van der Waals surface area contributed by atoms with Gasteiger partial charge in [-0.2, -0.15) is 0 Å². The van der Waals surface area contributed by atoms with Crippen LogP contribution in [0.15, 0.2) is 18.2 Å². The van der Waals surface area contributed by atoms with E-state index in [2.05, 4.69) is 15.9 Å². The van der Waals surface area contributed by atoms with E-state index in [0.717, 1.165) is 18.4 Å². The van der Waals surface area contributed by atoms with E-state index in [1.54, 1.807) is 25.3 Å². The Kier molecular flexibility index (Phi) is 4.79. The van der Waals surface area contributed by atoms with E-state index in [1.807, 2.05) is 0 Å². The van der Waals surface area contributed by atoms with E-state index < -0.39 is 15.1 Å². The number of benzene rings is 1. The number of methoxy groups -OCH3 is 1. The van der Waals surface area contributed by atoms with Crippen LogP contribution in [0.25, 0.3) is 0 Å². The highest BCUT2D eigenvalue weighted by molar-refractivity contribution is 9.09. The van der Waals surface area contributed by atoms with Crippen LogP contribution < -0.4 is 4.74 Å². The molecule has 6 heteroatoms. The van der Waals surface area contributed by atoms with Crippen molar-refractivity contribution >= 4 is 37.4 Å². The Morgan fingerprint density at radius 2 is 2.16 bits per heavy atom. The Morgan fingerprint density at radius 1 is 1.42 bits per heavy atom. The fourth-order valence-electron chi connectivity index (χ4n) is 2.43. The highest BCUT2D eigenvalue weighted by Crippen LogP contribution is 2.41. The first-order chi connectivity index (χ1) is 8.95. The van der Waals surface area contributed by atoms with Crippen LogP contribution in [0.3, 0.4) is 0 Å². The summed E-state index contributed by atoms with van der Waals surface area (Å²) in [6, 6.07) is 5.27. The van der Waals surface area contributed by atoms with Gasteiger partial charge in [0, 0.05) is 10.6 Å². The largest absolute Gasteiger partial charge is 0.496 e. The Morgan fingerprint density at radius 3 is 2.79 bits per heavy atom. The van der Waals surface area contributed by atoms with E-state index in [1.165, 1.54) is 0 Å². The van der Waals surface area contributed by atoms with Crippen molar-refractivity contribution in [3.63, 3.8) is 0 Å². The van der Waals surface area contributed by atoms with Crippen molar-refractivity contribution in [2.45, 2.75) is 29.3 Å². The van der Waals surface area contributed by atoms with Gasteiger partial charge in [-0.3, -0.25) is 0 Å². The zero-order chi connectivity index (χ0) is 14.0. The van der Waals surface area contributed by atoms with E-state index in [-0.39, 0.29) is 10.6 Å². The highest BCUT2D eigenvalue weighted by atomic mass is 79.9. The highest BCUT2D eigenvalue weighted by Gasteiger charge is 2.36. The lowest BCUT2D eigenvalue weighted by Gasteiger charge is -2.27. The molecule has 1 heterocycles. The van der Waals surface area contributed by atoms with Crippen LogP contribution in [0.1, 0.15) is 29.7 Å². The molecule has 2 unspecified atom stereocenters. The molecule has 19 heavy (non-hydrogen) atoms. The summed E-state index contributed by atoms with van der Waals surface area (Å²) in [5.74, 6) is 0.926. The minimum Gasteiger partial charge on any atom is -0.496 e. The molecular formula is C13H16BrClO3S. The number of hydrogen-bond donors (Lipinski definition) is 0. The van der Waals surface area contributed by atoms with Gasteiger partial charge in [-0.25, -0.2) is 8.42 Å². The van der Waals surface area contributed by atoms with Gasteiger partial charge in [-0.15, -0.1) is 0 Å². The van der Waals surface area contributed by atoms with Crippen LogP contribution in [-0.4, -0.2) is 26.5 Å². The summed E-state index contributed by atoms with van der Waals surface area (Å²) >= 11 is 9.53. The summed E-state index contributed by atoms with van der Waals surface area (Å²) in [6.07, 6.45) is 2.37. The van der Waals surface area contributed by atoms with Gasteiger partial charge in [-0.1, -0.05) is 34.0 Å². The summed E-state index contributed by atoms with van der Waals surface area (Å²) in [4.78, 5) is -0.286. The molecule has 0 bridgehead atoms. The summed E-state index contributed by atoms with van der Waals surface area (Å²) in [5.41, 5.74) is 0.797. The molecule has 1 aromatic carbocycles. The number of sulfone groups is 1. The third-order valence-corrected chi connectivity index (χ3v) is 7.45. The molecule has 0 N–H and O–H groups in total. The maximum Gasteiger partial charge on any atom is 0.154 e. The number of rotatable bonds is 3. The molecule has 2 rings (SSSR count). The van der Waals surface area contributed by atoms with Crippen LogP contribution in [0, 0.1) is 0 Å². The fraction of sp³-hybridized carbons (Fsp3) is 0.538. The number of hydrogen-bond acceptors (Lipinski definition) is 3. The monoisotopic (exact) mass is 366 g/mol. The minimum atomic E-state index is -3.05. The van der Waals surface area contributed by atoms with Crippen LogP contribution in [0.5, 0.6) is 5.75 Å². The predicted molar refractivity (Wildman–Crippen MR) is 81.1 cm³/mol. The molecule has 0 saturated carbocycles. The smallest absolute Gasteiger partial charge is 0.154 e. The van der Waals surface area contributed by atoms with Crippen molar-refractivity contribution in [3.8, 4) is 5.75 Å². The first-order valence-electron chi connectivity index (χ1n) is 6.15. The molecule has 106 valence electrons. The summed E-state index contributed by atoms with van der Waals surface area (Å²) in [5, 5.41) is 0.169. The Hall–Kier alpha value is -0.260. The molecule has 1 aromatic rings. The minimum absolute atomic E-state index is 0.267. The van der Waals surface area contributed by atoms with Gasteiger partial charge in [0.05, 0.1) is 22.9 Å². The van der Waals surface area contributed by atoms with Crippen LogP contribution in [0.4, 0.5) is 0 Å². The first kappa shape index (κ1) is 15.1. The second-order valence-electron chi connectivity index (χ2n) is 4.69. The Labute approximate surface area is 127 Å². The molecule has 0 spiro atoms. The third-order valence-electron chi connectivity index (χ3n) is 3.44. The van der Waals surface area contributed by atoms with Crippen molar-refractivity contribution in [1.29, 1.82) is 0 Å². The summed E-state index contributed by atoms with van der Waals surface area (Å²) < 4.78 is 29.7. The van der Waals surface area contributed by atoms with Gasteiger partial charge in [0.15, 0.2) is 9.84 Å². The second kappa shape index (κ2) is 6.02. The van der Waals surface area contributed by atoms with Gasteiger partial charge in [0.25, 0.3) is 0 Å². The Balaban J connectivity index is 2.38. The summed E-state index contributed by atoms with van der Waals surface area (Å²) in [7, 11) is -1.48. The van der Waals surface area contributed by atoms with Gasteiger partial charge in [-0.05, 0) is 31.0 Å². The average Bonchev–Trinajstić information content (AvgIpc) is 2.37. The van der Waals surface area contributed by atoms with Gasteiger partial charge < -0.3 is 4.74 Å². The van der Waals surface area contributed by atoms with Gasteiger partial charge >= 0.3 is 0 Å². The molecule has 0 amide bonds. The summed E-state index contributed by atoms with van der Waals surface area (Å²) in [6.45, 7) is 0. The number of alkyl halides is 1. The lowest BCUT2D eigenvalue weighted by Crippen LogP contribution is -2.31. The molecule has 3 nitrogen and oxygen atoms in total. The van der Waals surface area contributed by atoms with Crippen molar-refractivity contribution < 1.29 is 13.2 Å². The quantitative estimate of drug-likeness (QED) is 0.764. The molecule has 1 saturated heterocycles. The SMILES string of the molecule is COc1ccc(Cl)cc1C(Br)C1CCCCS1(=O)=O. The third kappa shape index (κ3) is 3.26. The number of ether oxygens (including phenoxy) is 1. The lowest BCUT2D eigenvalue weighted by atomic mass is 10.0. The lowest BCUT2D eigenvalue weighted by molar-refractivity contribution is 0.408. The van der Waals surface area contributed by atoms with Crippen molar-refractivity contribution in [2.75, 3.05) is 12.9 Å². The van der Waals surface area contributed by atoms with E-state index in [4.69, 9.17) is 16.3 Å². The standard InChI is InChI=1S/C13H16BrClO3S/c1-18-11-6-5-9(15)8-10(11)13(14)12-4-2-3-7-19(12,16)17/h5-6,8,12-13H,2-4,7H2,1H3. The second-order valence-corrected chi connectivity index (χ2v) is 8.45. The van der Waals surface area contributed by atoms with Gasteiger partial charge in [0.2, 0.25) is 0 Å². The zero-order valence-electron chi connectivity index (χ0n) is 10.6. The molecule has 0 aromatic heterocycles. The maximum atomic E-state index is 12.2. The topological polar surface area (TPSA) is 43.4 Å².